The molecule has 1 amide bonds. The lowest BCUT2D eigenvalue weighted by molar-refractivity contribution is -0.297. The van der Waals surface area contributed by atoms with Crippen molar-refractivity contribution < 1.29 is 27.5 Å². The summed E-state index contributed by atoms with van der Waals surface area (Å²) in [6.45, 7) is 2.85. The van der Waals surface area contributed by atoms with Crippen LogP contribution >= 0.6 is 0 Å². The molecule has 1 aromatic heterocycles. The smallest absolute Gasteiger partial charge is 0.438 e. The van der Waals surface area contributed by atoms with Gasteiger partial charge >= 0.3 is 12.1 Å². The SMILES string of the molecule is CC1=NN(C(=O)c2ccc(C)o2)[C@@](O)(C(F)(F)F)C1. The second-order valence-electron chi connectivity index (χ2n) is 4.35. The molecule has 0 spiro atoms. The third-order valence-electron chi connectivity index (χ3n) is 2.72. The summed E-state index contributed by atoms with van der Waals surface area (Å²) in [4.78, 5) is 11.9. The normalized spacial score (nSPS) is 23.7. The van der Waals surface area contributed by atoms with Crippen LogP contribution in [0.5, 0.6) is 0 Å². The van der Waals surface area contributed by atoms with Crippen molar-refractivity contribution in [3.63, 3.8) is 0 Å². The second-order valence-corrected chi connectivity index (χ2v) is 4.35. The quantitative estimate of drug-likeness (QED) is 0.853. The topological polar surface area (TPSA) is 66.0 Å². The summed E-state index contributed by atoms with van der Waals surface area (Å²) in [5, 5.41) is 13.2. The molecular weight excluding hydrogens is 265 g/mol. The van der Waals surface area contributed by atoms with Crippen LogP contribution in [-0.4, -0.2) is 33.6 Å². The number of carbonyl (C=O) groups is 1. The van der Waals surface area contributed by atoms with Gasteiger partial charge in [0.2, 0.25) is 0 Å². The first-order chi connectivity index (χ1) is 8.65. The lowest BCUT2D eigenvalue weighted by atomic mass is 10.1. The third-order valence-corrected chi connectivity index (χ3v) is 2.72. The fourth-order valence-electron chi connectivity index (χ4n) is 1.81. The van der Waals surface area contributed by atoms with Gasteiger partial charge in [-0.1, -0.05) is 0 Å². The number of hydrazone groups is 1. The van der Waals surface area contributed by atoms with E-state index in [1.165, 1.54) is 19.1 Å². The van der Waals surface area contributed by atoms with Crippen molar-refractivity contribution in [1.82, 2.24) is 5.01 Å². The molecule has 0 aromatic carbocycles. The first-order valence-corrected chi connectivity index (χ1v) is 5.39. The molecule has 0 unspecified atom stereocenters. The third kappa shape index (κ3) is 2.12. The predicted octanol–water partition coefficient (Wildman–Crippen LogP) is 2.06. The van der Waals surface area contributed by atoms with Crippen molar-refractivity contribution >= 4 is 11.6 Å². The number of halogens is 3. The van der Waals surface area contributed by atoms with E-state index < -0.39 is 24.2 Å². The average molecular weight is 276 g/mol. The van der Waals surface area contributed by atoms with Gasteiger partial charge in [-0.25, -0.2) is 0 Å². The van der Waals surface area contributed by atoms with Crippen LogP contribution in [-0.2, 0) is 0 Å². The number of aryl methyl sites for hydroxylation is 1. The maximum absolute atomic E-state index is 12.9. The Kier molecular flexibility index (Phi) is 2.93. The van der Waals surface area contributed by atoms with E-state index >= 15 is 0 Å². The maximum Gasteiger partial charge on any atom is 0.438 e. The van der Waals surface area contributed by atoms with Crippen LogP contribution in [0.3, 0.4) is 0 Å². The summed E-state index contributed by atoms with van der Waals surface area (Å²) in [6.07, 6.45) is -5.78. The van der Waals surface area contributed by atoms with Crippen LogP contribution < -0.4 is 0 Å². The van der Waals surface area contributed by atoms with E-state index in [0.29, 0.717) is 5.76 Å². The van der Waals surface area contributed by atoms with Gasteiger partial charge in [-0.15, -0.1) is 0 Å². The van der Waals surface area contributed by atoms with Crippen molar-refractivity contribution in [3.8, 4) is 0 Å². The Morgan fingerprint density at radius 3 is 2.58 bits per heavy atom. The Morgan fingerprint density at radius 1 is 1.47 bits per heavy atom. The Morgan fingerprint density at radius 2 is 2.11 bits per heavy atom. The minimum absolute atomic E-state index is 0.0106. The number of furan rings is 1. The van der Waals surface area contributed by atoms with E-state index in [1.54, 1.807) is 6.92 Å². The Balaban J connectivity index is 2.39. The first kappa shape index (κ1) is 13.6. The lowest BCUT2D eigenvalue weighted by Crippen LogP contribution is -2.56. The highest BCUT2D eigenvalue weighted by atomic mass is 19.4. The van der Waals surface area contributed by atoms with Gasteiger partial charge < -0.3 is 9.52 Å². The van der Waals surface area contributed by atoms with E-state index in [0.717, 1.165) is 0 Å². The van der Waals surface area contributed by atoms with E-state index in [4.69, 9.17) is 4.42 Å². The highest BCUT2D eigenvalue weighted by molar-refractivity contribution is 5.96. The van der Waals surface area contributed by atoms with Crippen LogP contribution in [0.2, 0.25) is 0 Å². The summed E-state index contributed by atoms with van der Waals surface area (Å²) in [7, 11) is 0. The number of rotatable bonds is 1. The minimum Gasteiger partial charge on any atom is -0.456 e. The molecule has 1 aromatic rings. The molecule has 2 rings (SSSR count). The molecule has 0 radical (unpaired) electrons. The highest BCUT2D eigenvalue weighted by Crippen LogP contribution is 2.40. The fraction of sp³-hybridized carbons (Fsp3) is 0.455. The van der Waals surface area contributed by atoms with Gasteiger partial charge in [-0.05, 0) is 26.0 Å². The number of hydrogen-bond acceptors (Lipinski definition) is 4. The Hall–Kier alpha value is -1.83. The fourth-order valence-corrected chi connectivity index (χ4v) is 1.81. The summed E-state index contributed by atoms with van der Waals surface area (Å²) >= 11 is 0. The molecule has 0 saturated carbocycles. The standard InChI is InChI=1S/C11H11F3N2O3/c1-6-5-10(18,11(12,13)14)16(15-6)9(17)8-4-3-7(2)19-8/h3-4,18H,5H2,1-2H3/t10-/m0/s1. The number of nitrogens with zero attached hydrogens (tertiary/aromatic N) is 2. The molecule has 2 heterocycles. The van der Waals surface area contributed by atoms with Gasteiger partial charge in [0.1, 0.15) is 5.76 Å². The summed E-state index contributed by atoms with van der Waals surface area (Å²) in [5.74, 6) is -1.07. The number of carbonyl (C=O) groups excluding carboxylic acids is 1. The Labute approximate surface area is 106 Å². The molecule has 0 saturated heterocycles. The van der Waals surface area contributed by atoms with Gasteiger partial charge in [-0.2, -0.15) is 23.3 Å². The summed E-state index contributed by atoms with van der Waals surface area (Å²) in [6, 6.07) is 2.67. The number of aliphatic hydroxyl groups is 1. The van der Waals surface area contributed by atoms with Gasteiger partial charge in [0.25, 0.3) is 5.72 Å². The molecule has 0 fully saturated rings. The molecular formula is C11H11F3N2O3. The molecule has 1 aliphatic rings. The largest absolute Gasteiger partial charge is 0.456 e. The van der Waals surface area contributed by atoms with Crippen LogP contribution in [0.25, 0.3) is 0 Å². The van der Waals surface area contributed by atoms with Crippen molar-refractivity contribution in [2.75, 3.05) is 0 Å². The van der Waals surface area contributed by atoms with Crippen molar-refractivity contribution in [3.05, 3.63) is 23.7 Å². The molecule has 1 aliphatic heterocycles. The maximum atomic E-state index is 12.9. The molecule has 1 atom stereocenters. The van der Waals surface area contributed by atoms with E-state index in [-0.39, 0.29) is 16.5 Å². The highest BCUT2D eigenvalue weighted by Gasteiger charge is 2.63. The number of hydrogen-bond donors (Lipinski definition) is 1. The second kappa shape index (κ2) is 4.09. The molecule has 5 nitrogen and oxygen atoms in total. The zero-order valence-corrected chi connectivity index (χ0v) is 10.2. The first-order valence-electron chi connectivity index (χ1n) is 5.39. The summed E-state index contributed by atoms with van der Waals surface area (Å²) in [5.41, 5.74) is -3.31. The van der Waals surface area contributed by atoms with E-state index in [2.05, 4.69) is 5.10 Å². The van der Waals surface area contributed by atoms with Gasteiger partial charge in [-0.3, -0.25) is 4.79 Å². The van der Waals surface area contributed by atoms with Crippen molar-refractivity contribution in [2.45, 2.75) is 32.2 Å². The number of alkyl halides is 3. The monoisotopic (exact) mass is 276 g/mol. The van der Waals surface area contributed by atoms with Crippen LogP contribution in [0.15, 0.2) is 21.7 Å². The summed E-state index contributed by atoms with van der Waals surface area (Å²) < 4.78 is 43.7. The number of amides is 1. The van der Waals surface area contributed by atoms with E-state index in [9.17, 15) is 23.1 Å². The molecule has 104 valence electrons. The van der Waals surface area contributed by atoms with Gasteiger partial charge in [0.15, 0.2) is 5.76 Å². The molecule has 0 aliphatic carbocycles. The molecule has 0 bridgehead atoms. The van der Waals surface area contributed by atoms with Gasteiger partial charge in [0, 0.05) is 12.1 Å². The zero-order chi connectivity index (χ0) is 14.4. The van der Waals surface area contributed by atoms with Crippen LogP contribution in [0.4, 0.5) is 13.2 Å². The van der Waals surface area contributed by atoms with Crippen LogP contribution in [0, 0.1) is 6.92 Å². The molecule has 8 heteroatoms. The predicted molar refractivity (Wildman–Crippen MR) is 58.3 cm³/mol. The lowest BCUT2D eigenvalue weighted by Gasteiger charge is -2.32. The van der Waals surface area contributed by atoms with Crippen molar-refractivity contribution in [1.29, 1.82) is 0 Å². The zero-order valence-electron chi connectivity index (χ0n) is 10.2. The average Bonchev–Trinajstić information content (AvgIpc) is 2.81. The van der Waals surface area contributed by atoms with Crippen molar-refractivity contribution in [2.24, 2.45) is 5.10 Å². The van der Waals surface area contributed by atoms with Gasteiger partial charge in [0.05, 0.1) is 0 Å². The minimum atomic E-state index is -5.01. The van der Waals surface area contributed by atoms with Crippen LogP contribution in [0.1, 0.15) is 29.7 Å². The van der Waals surface area contributed by atoms with E-state index in [1.807, 2.05) is 0 Å². The Bertz CT molecular complexity index is 550. The molecule has 19 heavy (non-hydrogen) atoms. The molecule has 1 N–H and O–H groups in total.